The third kappa shape index (κ3) is 2.90. The van der Waals surface area contributed by atoms with Gasteiger partial charge >= 0.3 is 0 Å². The van der Waals surface area contributed by atoms with Crippen molar-refractivity contribution < 1.29 is 9.53 Å². The van der Waals surface area contributed by atoms with E-state index in [0.717, 1.165) is 18.5 Å². The van der Waals surface area contributed by atoms with Gasteiger partial charge in [0.05, 0.1) is 18.3 Å². The highest BCUT2D eigenvalue weighted by Gasteiger charge is 2.29. The number of carbonyl (C=O) groups excluding carboxylic acids is 1. The largest absolute Gasteiger partial charge is 0.382 e. The van der Waals surface area contributed by atoms with E-state index in [1.54, 1.807) is 18.0 Å². The summed E-state index contributed by atoms with van der Waals surface area (Å²) in [6.45, 7) is 0.435. The molecule has 0 fully saturated rings. The predicted octanol–water partition coefficient (Wildman–Crippen LogP) is 1.64. The Kier molecular flexibility index (Phi) is 4.24. The van der Waals surface area contributed by atoms with Crippen LogP contribution in [0, 0.1) is 5.92 Å². The van der Waals surface area contributed by atoms with Crippen molar-refractivity contribution in [3.8, 4) is 0 Å². The van der Waals surface area contributed by atoms with Gasteiger partial charge in [0, 0.05) is 26.3 Å². The van der Waals surface area contributed by atoms with Crippen LogP contribution in [0.1, 0.15) is 22.9 Å². The number of nitrogens with one attached hydrogen (secondary N) is 1. The summed E-state index contributed by atoms with van der Waals surface area (Å²) in [5.41, 5.74) is 3.52. The number of amides is 1. The normalized spacial score (nSPS) is 15.5. The van der Waals surface area contributed by atoms with Gasteiger partial charge in [-0.2, -0.15) is 5.10 Å². The first-order valence-corrected chi connectivity index (χ1v) is 7.53. The van der Waals surface area contributed by atoms with E-state index >= 15 is 0 Å². The van der Waals surface area contributed by atoms with Crippen molar-refractivity contribution in [2.75, 3.05) is 13.7 Å². The quantitative estimate of drug-likeness (QED) is 0.913. The number of methoxy groups -OCH3 is 1. The van der Waals surface area contributed by atoms with Crippen LogP contribution in [-0.4, -0.2) is 29.4 Å². The molecule has 5 heteroatoms. The fraction of sp³-hybridized carbons (Fsp3) is 0.412. The van der Waals surface area contributed by atoms with Gasteiger partial charge in [-0.25, -0.2) is 0 Å². The number of carbonyl (C=O) groups is 1. The van der Waals surface area contributed by atoms with Gasteiger partial charge in [0.2, 0.25) is 5.91 Å². The SMILES string of the molecule is COCC(NC(=O)C1Cc2ccccc2C1)c1ccnn1C. The van der Waals surface area contributed by atoms with Crippen LogP contribution in [0.2, 0.25) is 0 Å². The van der Waals surface area contributed by atoms with E-state index in [2.05, 4.69) is 22.5 Å². The van der Waals surface area contributed by atoms with Gasteiger partial charge in [-0.05, 0) is 30.0 Å². The van der Waals surface area contributed by atoms with Crippen LogP contribution in [0.4, 0.5) is 0 Å². The molecular weight excluding hydrogens is 278 g/mol. The van der Waals surface area contributed by atoms with Crippen LogP contribution in [0.3, 0.4) is 0 Å². The van der Waals surface area contributed by atoms with Crippen LogP contribution in [0.25, 0.3) is 0 Å². The van der Waals surface area contributed by atoms with Gasteiger partial charge in [0.15, 0.2) is 0 Å². The lowest BCUT2D eigenvalue weighted by Gasteiger charge is -2.20. The Morgan fingerprint density at radius 2 is 2.05 bits per heavy atom. The molecule has 1 N–H and O–H groups in total. The third-order valence-electron chi connectivity index (χ3n) is 4.29. The lowest BCUT2D eigenvalue weighted by molar-refractivity contribution is -0.125. The third-order valence-corrected chi connectivity index (χ3v) is 4.29. The minimum Gasteiger partial charge on any atom is -0.382 e. The van der Waals surface area contributed by atoms with Gasteiger partial charge in [-0.15, -0.1) is 0 Å². The lowest BCUT2D eigenvalue weighted by Crippen LogP contribution is -2.37. The molecule has 1 aromatic heterocycles. The Balaban J connectivity index is 1.69. The smallest absolute Gasteiger partial charge is 0.224 e. The van der Waals surface area contributed by atoms with E-state index in [9.17, 15) is 4.79 Å². The fourth-order valence-corrected chi connectivity index (χ4v) is 3.13. The maximum Gasteiger partial charge on any atom is 0.224 e. The number of benzene rings is 1. The molecule has 0 saturated heterocycles. The zero-order valence-corrected chi connectivity index (χ0v) is 13.0. The van der Waals surface area contributed by atoms with Crippen LogP contribution in [0.15, 0.2) is 36.5 Å². The predicted molar refractivity (Wildman–Crippen MR) is 83.3 cm³/mol. The number of ether oxygens (including phenoxy) is 1. The summed E-state index contributed by atoms with van der Waals surface area (Å²) in [5.74, 6) is 0.0874. The molecule has 1 atom stereocenters. The Labute approximate surface area is 130 Å². The highest BCUT2D eigenvalue weighted by molar-refractivity contribution is 5.80. The number of hydrogen-bond donors (Lipinski definition) is 1. The topological polar surface area (TPSA) is 56.1 Å². The highest BCUT2D eigenvalue weighted by Crippen LogP contribution is 2.27. The molecule has 116 valence electrons. The molecule has 0 radical (unpaired) electrons. The molecular formula is C17H21N3O2. The van der Waals surface area contributed by atoms with Crippen molar-refractivity contribution in [3.05, 3.63) is 53.3 Å². The zero-order chi connectivity index (χ0) is 15.5. The number of aryl methyl sites for hydroxylation is 1. The van der Waals surface area contributed by atoms with Crippen molar-refractivity contribution >= 4 is 5.91 Å². The molecule has 22 heavy (non-hydrogen) atoms. The Hall–Kier alpha value is -2.14. The molecule has 2 aromatic rings. The van der Waals surface area contributed by atoms with Crippen molar-refractivity contribution in [2.24, 2.45) is 13.0 Å². The van der Waals surface area contributed by atoms with E-state index in [-0.39, 0.29) is 17.9 Å². The number of nitrogens with zero attached hydrogens (tertiary/aromatic N) is 2. The Morgan fingerprint density at radius 1 is 1.36 bits per heavy atom. The molecule has 0 saturated carbocycles. The van der Waals surface area contributed by atoms with Crippen LogP contribution < -0.4 is 5.32 Å². The molecule has 3 rings (SSSR count). The van der Waals surface area contributed by atoms with E-state index in [4.69, 9.17) is 4.74 Å². The second kappa shape index (κ2) is 6.32. The fourth-order valence-electron chi connectivity index (χ4n) is 3.13. The van der Waals surface area contributed by atoms with Crippen molar-refractivity contribution in [3.63, 3.8) is 0 Å². The number of aromatic nitrogens is 2. The molecule has 5 nitrogen and oxygen atoms in total. The maximum absolute atomic E-state index is 12.6. The maximum atomic E-state index is 12.6. The van der Waals surface area contributed by atoms with Gasteiger partial charge in [0.25, 0.3) is 0 Å². The average molecular weight is 299 g/mol. The summed E-state index contributed by atoms with van der Waals surface area (Å²) in [7, 11) is 3.51. The van der Waals surface area contributed by atoms with E-state index < -0.39 is 0 Å². The van der Waals surface area contributed by atoms with Crippen LogP contribution in [0.5, 0.6) is 0 Å². The number of fused-ring (bicyclic) bond motifs is 1. The van der Waals surface area contributed by atoms with E-state index in [1.807, 2.05) is 25.2 Å². The molecule has 1 aliphatic rings. The second-order valence-corrected chi connectivity index (χ2v) is 5.77. The molecule has 1 amide bonds. The lowest BCUT2D eigenvalue weighted by atomic mass is 10.0. The minimum absolute atomic E-state index is 0.00461. The summed E-state index contributed by atoms with van der Waals surface area (Å²) in [5, 5.41) is 7.28. The first kappa shape index (κ1) is 14.8. The van der Waals surface area contributed by atoms with E-state index in [1.165, 1.54) is 11.1 Å². The Bertz CT molecular complexity index is 640. The molecule has 0 bridgehead atoms. The summed E-state index contributed by atoms with van der Waals surface area (Å²) < 4.78 is 7.02. The van der Waals surface area contributed by atoms with Crippen LogP contribution in [-0.2, 0) is 29.4 Å². The van der Waals surface area contributed by atoms with Crippen molar-refractivity contribution in [1.29, 1.82) is 0 Å². The molecule has 0 spiro atoms. The summed E-state index contributed by atoms with van der Waals surface area (Å²) in [6.07, 6.45) is 3.36. The molecule has 1 heterocycles. The van der Waals surface area contributed by atoms with Gasteiger partial charge in [-0.3, -0.25) is 9.48 Å². The van der Waals surface area contributed by atoms with E-state index in [0.29, 0.717) is 6.61 Å². The number of rotatable bonds is 5. The summed E-state index contributed by atoms with van der Waals surface area (Å²) in [4.78, 5) is 12.6. The second-order valence-electron chi connectivity index (χ2n) is 5.77. The zero-order valence-electron chi connectivity index (χ0n) is 13.0. The molecule has 1 unspecified atom stereocenters. The van der Waals surface area contributed by atoms with Crippen molar-refractivity contribution in [2.45, 2.75) is 18.9 Å². The summed E-state index contributed by atoms with van der Waals surface area (Å²) in [6, 6.07) is 10.0. The molecule has 0 aliphatic heterocycles. The van der Waals surface area contributed by atoms with Crippen molar-refractivity contribution in [1.82, 2.24) is 15.1 Å². The molecule has 1 aliphatic carbocycles. The first-order chi connectivity index (χ1) is 10.7. The monoisotopic (exact) mass is 299 g/mol. The summed E-state index contributed by atoms with van der Waals surface area (Å²) >= 11 is 0. The first-order valence-electron chi connectivity index (χ1n) is 7.53. The molecule has 1 aromatic carbocycles. The highest BCUT2D eigenvalue weighted by atomic mass is 16.5. The standard InChI is InChI=1S/C17H21N3O2/c1-20-16(7-8-18-20)15(11-22-2)19-17(21)14-9-12-5-3-4-6-13(12)10-14/h3-8,14-15H,9-11H2,1-2H3,(H,19,21). The Morgan fingerprint density at radius 3 is 2.59 bits per heavy atom. The van der Waals surface area contributed by atoms with Gasteiger partial charge < -0.3 is 10.1 Å². The number of hydrogen-bond acceptors (Lipinski definition) is 3. The van der Waals surface area contributed by atoms with Crippen LogP contribution >= 0.6 is 0 Å². The van der Waals surface area contributed by atoms with Gasteiger partial charge in [0.1, 0.15) is 0 Å². The van der Waals surface area contributed by atoms with Gasteiger partial charge in [-0.1, -0.05) is 24.3 Å². The average Bonchev–Trinajstić information content (AvgIpc) is 3.12. The minimum atomic E-state index is -0.172.